The van der Waals surface area contributed by atoms with Gasteiger partial charge < -0.3 is 14.6 Å². The minimum absolute atomic E-state index is 0.0576. The summed E-state index contributed by atoms with van der Waals surface area (Å²) >= 11 is 0. The van der Waals surface area contributed by atoms with Gasteiger partial charge in [-0.3, -0.25) is 14.3 Å². The number of carbonyl (C=O) groups excluding carboxylic acids is 1. The Balaban J connectivity index is 1.41. The summed E-state index contributed by atoms with van der Waals surface area (Å²) in [5.74, 6) is -2.50. The smallest absolute Gasteiger partial charge is 0.378 e. The van der Waals surface area contributed by atoms with Crippen LogP contribution in [0.1, 0.15) is 34.1 Å². The highest BCUT2D eigenvalue weighted by Gasteiger charge is 2.49. The molecule has 2 atom stereocenters. The standard InChI is InChI=1S/C28H28F4N4O3/c1-27(28(30,31)32)11-10-21(23(29)13-27)14-33-26(38)22-17-36(34-24(22)18-39-2)16-20-8-6-19(7-9-20)15-35-12-4-3-5-25(35)37/h3-13,17,21H,14-16,18H2,1-2H3,(H,33,38). The van der Waals surface area contributed by atoms with E-state index in [1.54, 1.807) is 33.8 Å². The topological polar surface area (TPSA) is 78.2 Å². The molecule has 0 spiro atoms. The summed E-state index contributed by atoms with van der Waals surface area (Å²) in [5, 5.41) is 7.02. The Hall–Kier alpha value is -3.99. The molecule has 2 aromatic heterocycles. The zero-order valence-corrected chi connectivity index (χ0v) is 21.4. The third-order valence-electron chi connectivity index (χ3n) is 6.54. The number of aromatic nitrogens is 3. The van der Waals surface area contributed by atoms with Crippen molar-refractivity contribution in [3.8, 4) is 0 Å². The van der Waals surface area contributed by atoms with Crippen LogP contribution in [0.2, 0.25) is 0 Å². The van der Waals surface area contributed by atoms with E-state index < -0.39 is 29.2 Å². The number of allylic oxidation sites excluding steroid dienone is 2. The van der Waals surface area contributed by atoms with Crippen LogP contribution in [0.25, 0.3) is 0 Å². The fraction of sp³-hybridized carbons (Fsp3) is 0.321. The Morgan fingerprint density at radius 2 is 1.82 bits per heavy atom. The summed E-state index contributed by atoms with van der Waals surface area (Å²) in [6.45, 7) is 1.53. The predicted molar refractivity (Wildman–Crippen MR) is 137 cm³/mol. The Morgan fingerprint density at radius 1 is 1.13 bits per heavy atom. The Bertz CT molecular complexity index is 1440. The van der Waals surface area contributed by atoms with Crippen molar-refractivity contribution in [1.29, 1.82) is 0 Å². The van der Waals surface area contributed by atoms with Gasteiger partial charge in [-0.15, -0.1) is 0 Å². The van der Waals surface area contributed by atoms with Crippen LogP contribution in [-0.4, -0.2) is 40.1 Å². The largest absolute Gasteiger partial charge is 0.401 e. The third kappa shape index (κ3) is 6.54. The average molecular weight is 545 g/mol. The molecule has 7 nitrogen and oxygen atoms in total. The Morgan fingerprint density at radius 3 is 2.44 bits per heavy atom. The molecule has 2 unspecified atom stereocenters. The second-order valence-corrected chi connectivity index (χ2v) is 9.59. The van der Waals surface area contributed by atoms with Crippen molar-refractivity contribution in [2.24, 2.45) is 11.3 Å². The number of halogens is 4. The molecule has 0 saturated carbocycles. The summed E-state index contributed by atoms with van der Waals surface area (Å²) in [6.07, 6.45) is 1.22. The second kappa shape index (κ2) is 11.4. The highest BCUT2D eigenvalue weighted by molar-refractivity contribution is 5.95. The summed E-state index contributed by atoms with van der Waals surface area (Å²) < 4.78 is 62.4. The van der Waals surface area contributed by atoms with Crippen molar-refractivity contribution in [2.75, 3.05) is 13.7 Å². The van der Waals surface area contributed by atoms with Crippen molar-refractivity contribution in [1.82, 2.24) is 19.7 Å². The van der Waals surface area contributed by atoms with Gasteiger partial charge in [-0.05, 0) is 30.2 Å². The molecule has 39 heavy (non-hydrogen) atoms. The first-order valence-corrected chi connectivity index (χ1v) is 12.2. The number of rotatable bonds is 9. The van der Waals surface area contributed by atoms with Crippen LogP contribution < -0.4 is 10.9 Å². The monoisotopic (exact) mass is 544 g/mol. The number of nitrogens with zero attached hydrogens (tertiary/aromatic N) is 3. The molecule has 206 valence electrons. The first-order valence-electron chi connectivity index (χ1n) is 12.2. The first kappa shape index (κ1) is 28.0. The van der Waals surface area contributed by atoms with Gasteiger partial charge in [0.15, 0.2) is 0 Å². The molecule has 0 saturated heterocycles. The summed E-state index contributed by atoms with van der Waals surface area (Å²) in [4.78, 5) is 24.8. The van der Waals surface area contributed by atoms with Gasteiger partial charge in [0.2, 0.25) is 0 Å². The zero-order chi connectivity index (χ0) is 28.2. The highest BCUT2D eigenvalue weighted by atomic mass is 19.4. The number of methoxy groups -OCH3 is 1. The second-order valence-electron chi connectivity index (χ2n) is 9.59. The van der Waals surface area contributed by atoms with Crippen LogP contribution in [-0.2, 0) is 24.4 Å². The summed E-state index contributed by atoms with van der Waals surface area (Å²) in [6, 6.07) is 12.6. The molecule has 3 aromatic rings. The van der Waals surface area contributed by atoms with E-state index in [-0.39, 0.29) is 24.3 Å². The van der Waals surface area contributed by atoms with Crippen LogP contribution in [0.5, 0.6) is 0 Å². The predicted octanol–water partition coefficient (Wildman–Crippen LogP) is 4.63. The SMILES string of the molecule is COCc1nn(Cc2ccc(Cn3ccccc3=O)cc2)cc1C(=O)NCC1C=CC(C)(C(F)(F)F)C=C1F. The molecule has 0 aliphatic heterocycles. The van der Waals surface area contributed by atoms with Crippen LogP contribution >= 0.6 is 0 Å². The van der Waals surface area contributed by atoms with Gasteiger partial charge in [0.1, 0.15) is 16.9 Å². The van der Waals surface area contributed by atoms with E-state index >= 15 is 0 Å². The molecular formula is C28H28F4N4O3. The van der Waals surface area contributed by atoms with Gasteiger partial charge in [0, 0.05) is 38.0 Å². The van der Waals surface area contributed by atoms with E-state index in [2.05, 4.69) is 10.4 Å². The molecule has 1 amide bonds. The van der Waals surface area contributed by atoms with Gasteiger partial charge in [-0.1, -0.05) is 42.5 Å². The maximum atomic E-state index is 14.4. The maximum absolute atomic E-state index is 14.4. The van der Waals surface area contributed by atoms with Crippen molar-refractivity contribution in [3.63, 3.8) is 0 Å². The van der Waals surface area contributed by atoms with Crippen molar-refractivity contribution < 1.29 is 27.1 Å². The number of alkyl halides is 3. The molecule has 1 aromatic carbocycles. The van der Waals surface area contributed by atoms with Gasteiger partial charge in [-0.2, -0.15) is 18.3 Å². The lowest BCUT2D eigenvalue weighted by atomic mass is 9.82. The fourth-order valence-electron chi connectivity index (χ4n) is 4.19. The van der Waals surface area contributed by atoms with Gasteiger partial charge in [0.25, 0.3) is 11.5 Å². The zero-order valence-electron chi connectivity index (χ0n) is 21.4. The molecule has 1 N–H and O–H groups in total. The summed E-state index contributed by atoms with van der Waals surface area (Å²) in [7, 11) is 1.46. The number of benzene rings is 1. The van der Waals surface area contributed by atoms with Crippen molar-refractivity contribution in [2.45, 2.75) is 32.8 Å². The summed E-state index contributed by atoms with van der Waals surface area (Å²) in [5.41, 5.74) is -0.0306. The lowest BCUT2D eigenvalue weighted by Crippen LogP contribution is -2.36. The van der Waals surface area contributed by atoms with Gasteiger partial charge >= 0.3 is 6.18 Å². The maximum Gasteiger partial charge on any atom is 0.401 e. The van der Waals surface area contributed by atoms with E-state index in [1.165, 1.54) is 13.2 Å². The molecule has 0 fully saturated rings. The van der Waals surface area contributed by atoms with Crippen LogP contribution in [0.15, 0.2) is 83.7 Å². The van der Waals surface area contributed by atoms with Crippen LogP contribution in [0.4, 0.5) is 17.6 Å². The minimum Gasteiger partial charge on any atom is -0.378 e. The fourth-order valence-corrected chi connectivity index (χ4v) is 4.19. The molecule has 2 heterocycles. The molecule has 4 rings (SSSR count). The minimum atomic E-state index is -4.62. The molecular weight excluding hydrogens is 516 g/mol. The molecule has 0 bridgehead atoms. The van der Waals surface area contributed by atoms with Crippen LogP contribution in [0.3, 0.4) is 0 Å². The van der Waals surface area contributed by atoms with E-state index in [4.69, 9.17) is 4.74 Å². The number of pyridine rings is 1. The Kier molecular flexibility index (Phi) is 8.19. The molecule has 0 radical (unpaired) electrons. The lowest BCUT2D eigenvalue weighted by Gasteiger charge is -2.30. The van der Waals surface area contributed by atoms with Crippen LogP contribution in [0, 0.1) is 11.3 Å². The first-order chi connectivity index (χ1) is 18.5. The average Bonchev–Trinajstić information content (AvgIpc) is 3.28. The van der Waals surface area contributed by atoms with E-state index in [9.17, 15) is 27.2 Å². The van der Waals surface area contributed by atoms with E-state index in [1.807, 2.05) is 24.3 Å². The van der Waals surface area contributed by atoms with Gasteiger partial charge in [0.05, 0.1) is 25.3 Å². The molecule has 1 aliphatic rings. The number of hydrogen-bond donors (Lipinski definition) is 1. The van der Waals surface area contributed by atoms with E-state index in [0.717, 1.165) is 30.2 Å². The quantitative estimate of drug-likeness (QED) is 0.315. The third-order valence-corrected chi connectivity index (χ3v) is 6.54. The normalized spacial score (nSPS) is 19.1. The van der Waals surface area contributed by atoms with Crippen molar-refractivity contribution in [3.05, 3.63) is 112 Å². The highest BCUT2D eigenvalue weighted by Crippen LogP contribution is 2.44. The van der Waals surface area contributed by atoms with Crippen molar-refractivity contribution >= 4 is 5.91 Å². The number of amides is 1. The number of ether oxygens (including phenoxy) is 1. The Labute approximate surface area is 222 Å². The number of hydrogen-bond acceptors (Lipinski definition) is 4. The van der Waals surface area contributed by atoms with Gasteiger partial charge in [-0.25, -0.2) is 4.39 Å². The lowest BCUT2D eigenvalue weighted by molar-refractivity contribution is -0.184. The molecule has 11 heteroatoms. The number of nitrogens with one attached hydrogen (secondary N) is 1. The van der Waals surface area contributed by atoms with E-state index in [0.29, 0.717) is 24.9 Å². The number of carbonyl (C=O) groups is 1. The molecule has 1 aliphatic carbocycles.